The van der Waals surface area contributed by atoms with Crippen molar-refractivity contribution in [3.8, 4) is 17.2 Å². The zero-order chi connectivity index (χ0) is 26.5. The van der Waals surface area contributed by atoms with Crippen LogP contribution in [0, 0.1) is 6.92 Å². The number of hydrogen-bond donors (Lipinski definition) is 1. The molecule has 0 spiro atoms. The van der Waals surface area contributed by atoms with Crippen molar-refractivity contribution >= 4 is 29.2 Å². The van der Waals surface area contributed by atoms with E-state index in [0.29, 0.717) is 28.6 Å². The first-order chi connectivity index (χ1) is 17.8. The Balaban J connectivity index is 1.61. The summed E-state index contributed by atoms with van der Waals surface area (Å²) in [6, 6.07) is 17.8. The van der Waals surface area contributed by atoms with E-state index in [2.05, 4.69) is 5.32 Å². The fourth-order valence-electron chi connectivity index (χ4n) is 4.26. The summed E-state index contributed by atoms with van der Waals surface area (Å²) in [6.45, 7) is 1.99. The quantitative estimate of drug-likeness (QED) is 0.435. The van der Waals surface area contributed by atoms with Crippen LogP contribution in [-0.4, -0.2) is 50.1 Å². The molecule has 1 heterocycles. The maximum absolute atomic E-state index is 13.6. The number of carbonyl (C=O) groups is 3. The van der Waals surface area contributed by atoms with Crippen LogP contribution in [0.1, 0.15) is 17.5 Å². The van der Waals surface area contributed by atoms with Crippen molar-refractivity contribution in [2.24, 2.45) is 0 Å². The highest BCUT2D eigenvalue weighted by Crippen LogP contribution is 2.32. The van der Waals surface area contributed by atoms with Crippen LogP contribution in [0.5, 0.6) is 17.2 Å². The molecule has 0 radical (unpaired) electrons. The van der Waals surface area contributed by atoms with Crippen molar-refractivity contribution in [1.29, 1.82) is 0 Å². The normalized spacial score (nSPS) is 15.1. The largest absolute Gasteiger partial charge is 0.497 e. The number of hydrogen-bond acceptors (Lipinski definition) is 6. The molecule has 4 amide bonds. The van der Waals surface area contributed by atoms with Gasteiger partial charge in [0.15, 0.2) is 11.5 Å². The first kappa shape index (κ1) is 25.6. The number of nitrogens with zero attached hydrogens (tertiary/aromatic N) is 2. The summed E-state index contributed by atoms with van der Waals surface area (Å²) in [5, 5.41) is 2.80. The van der Waals surface area contributed by atoms with Gasteiger partial charge in [0.2, 0.25) is 5.91 Å². The third kappa shape index (κ3) is 5.50. The van der Waals surface area contributed by atoms with Crippen molar-refractivity contribution in [3.05, 3.63) is 77.9 Å². The van der Waals surface area contributed by atoms with Crippen molar-refractivity contribution in [1.82, 2.24) is 4.90 Å². The van der Waals surface area contributed by atoms with Crippen LogP contribution in [0.25, 0.3) is 0 Å². The summed E-state index contributed by atoms with van der Waals surface area (Å²) in [5.41, 5.74) is 2.66. The van der Waals surface area contributed by atoms with Gasteiger partial charge in [-0.3, -0.25) is 9.59 Å². The second kappa shape index (κ2) is 11.0. The SMILES string of the molecule is COc1ccc(NC(=O)C[C@H]2C(=O)N(c3cccc(C)c3)C(=O)N2Cc2ccc(OC)c(OC)c2)cc1. The van der Waals surface area contributed by atoms with Crippen LogP contribution >= 0.6 is 0 Å². The zero-order valence-electron chi connectivity index (χ0n) is 21.2. The van der Waals surface area contributed by atoms with Crippen LogP contribution in [0.2, 0.25) is 0 Å². The number of nitrogens with one attached hydrogen (secondary N) is 1. The molecule has 0 aliphatic carbocycles. The molecule has 37 heavy (non-hydrogen) atoms. The third-order valence-electron chi connectivity index (χ3n) is 6.13. The van der Waals surface area contributed by atoms with Gasteiger partial charge in [-0.05, 0) is 66.6 Å². The van der Waals surface area contributed by atoms with Gasteiger partial charge in [0.05, 0.1) is 33.4 Å². The molecule has 9 heteroatoms. The van der Waals surface area contributed by atoms with Crippen LogP contribution < -0.4 is 24.4 Å². The van der Waals surface area contributed by atoms with Crippen molar-refractivity contribution < 1.29 is 28.6 Å². The molecular formula is C28H29N3O6. The van der Waals surface area contributed by atoms with E-state index in [9.17, 15) is 14.4 Å². The molecule has 0 unspecified atom stereocenters. The zero-order valence-corrected chi connectivity index (χ0v) is 21.2. The fraction of sp³-hybridized carbons (Fsp3) is 0.250. The predicted molar refractivity (Wildman–Crippen MR) is 139 cm³/mol. The molecule has 1 atom stereocenters. The first-order valence-corrected chi connectivity index (χ1v) is 11.7. The average Bonchev–Trinajstić information content (AvgIpc) is 3.12. The molecule has 0 saturated carbocycles. The summed E-state index contributed by atoms with van der Waals surface area (Å²) in [6.07, 6.45) is -0.202. The number of benzene rings is 3. The van der Waals surface area contributed by atoms with Crippen molar-refractivity contribution in [2.45, 2.75) is 25.9 Å². The number of aryl methyl sites for hydroxylation is 1. The standard InChI is InChI=1S/C28H29N3O6/c1-18-6-5-7-21(14-18)31-27(33)23(16-26(32)29-20-9-11-22(35-2)12-10-20)30(28(31)34)17-19-8-13-24(36-3)25(15-19)37-4/h5-15,23H,16-17H2,1-4H3,(H,29,32)/t23-/m0/s1. The summed E-state index contributed by atoms with van der Waals surface area (Å²) in [4.78, 5) is 42.6. The van der Waals surface area contributed by atoms with Crippen molar-refractivity contribution in [3.63, 3.8) is 0 Å². The van der Waals surface area contributed by atoms with E-state index < -0.39 is 18.0 Å². The van der Waals surface area contributed by atoms with Gasteiger partial charge in [0.25, 0.3) is 5.91 Å². The van der Waals surface area contributed by atoms with E-state index in [4.69, 9.17) is 14.2 Å². The van der Waals surface area contributed by atoms with Crippen LogP contribution in [0.4, 0.5) is 16.2 Å². The monoisotopic (exact) mass is 503 g/mol. The lowest BCUT2D eigenvalue weighted by Gasteiger charge is -2.22. The molecule has 1 saturated heterocycles. The van der Waals surface area contributed by atoms with Crippen LogP contribution in [-0.2, 0) is 16.1 Å². The fourth-order valence-corrected chi connectivity index (χ4v) is 4.26. The number of imide groups is 1. The molecule has 1 aliphatic heterocycles. The molecule has 1 fully saturated rings. The van der Waals surface area contributed by atoms with Crippen LogP contribution in [0.15, 0.2) is 66.7 Å². The highest BCUT2D eigenvalue weighted by Gasteiger charge is 2.46. The second-order valence-electron chi connectivity index (χ2n) is 8.61. The summed E-state index contributed by atoms with van der Waals surface area (Å²) in [5.74, 6) is 0.860. The summed E-state index contributed by atoms with van der Waals surface area (Å²) >= 11 is 0. The Labute approximate surface area is 215 Å². The van der Waals surface area contributed by atoms with Gasteiger partial charge in [-0.15, -0.1) is 0 Å². The first-order valence-electron chi connectivity index (χ1n) is 11.7. The minimum atomic E-state index is -0.987. The maximum Gasteiger partial charge on any atom is 0.332 e. The molecular weight excluding hydrogens is 474 g/mol. The highest BCUT2D eigenvalue weighted by molar-refractivity contribution is 6.22. The Hall–Kier alpha value is -4.53. The average molecular weight is 504 g/mol. The maximum atomic E-state index is 13.6. The van der Waals surface area contributed by atoms with E-state index in [0.717, 1.165) is 16.0 Å². The summed E-state index contributed by atoms with van der Waals surface area (Å²) in [7, 11) is 4.62. The molecule has 0 bridgehead atoms. The minimum Gasteiger partial charge on any atom is -0.497 e. The Morgan fingerprint density at radius 1 is 0.892 bits per heavy atom. The number of amides is 4. The Bertz CT molecular complexity index is 1310. The molecule has 1 aliphatic rings. The van der Waals surface area contributed by atoms with E-state index >= 15 is 0 Å². The van der Waals surface area contributed by atoms with Gasteiger partial charge in [-0.1, -0.05) is 18.2 Å². The lowest BCUT2D eigenvalue weighted by molar-refractivity contribution is -0.124. The Kier molecular flexibility index (Phi) is 7.62. The molecule has 3 aromatic carbocycles. The lowest BCUT2D eigenvalue weighted by atomic mass is 10.1. The minimum absolute atomic E-state index is 0.105. The van der Waals surface area contributed by atoms with Gasteiger partial charge in [-0.25, -0.2) is 9.69 Å². The number of carbonyl (C=O) groups excluding carboxylic acids is 3. The smallest absolute Gasteiger partial charge is 0.332 e. The number of ether oxygens (including phenoxy) is 3. The van der Waals surface area contributed by atoms with E-state index in [1.165, 1.54) is 19.1 Å². The van der Waals surface area contributed by atoms with Gasteiger partial charge >= 0.3 is 6.03 Å². The van der Waals surface area contributed by atoms with Crippen molar-refractivity contribution in [2.75, 3.05) is 31.5 Å². The number of anilines is 2. The molecule has 3 aromatic rings. The Morgan fingerprint density at radius 2 is 1.62 bits per heavy atom. The number of rotatable bonds is 9. The van der Waals surface area contributed by atoms with Gasteiger partial charge < -0.3 is 24.4 Å². The molecule has 9 nitrogen and oxygen atoms in total. The second-order valence-corrected chi connectivity index (χ2v) is 8.61. The number of urea groups is 1. The topological polar surface area (TPSA) is 97.4 Å². The lowest BCUT2D eigenvalue weighted by Crippen LogP contribution is -2.37. The van der Waals surface area contributed by atoms with Gasteiger partial charge in [-0.2, -0.15) is 0 Å². The van der Waals surface area contributed by atoms with Gasteiger partial charge in [0.1, 0.15) is 11.8 Å². The molecule has 192 valence electrons. The van der Waals surface area contributed by atoms with E-state index in [-0.39, 0.29) is 18.9 Å². The molecule has 0 aromatic heterocycles. The molecule has 4 rings (SSSR count). The highest BCUT2D eigenvalue weighted by atomic mass is 16.5. The van der Waals surface area contributed by atoms with E-state index in [1.807, 2.05) is 13.0 Å². The Morgan fingerprint density at radius 3 is 2.27 bits per heavy atom. The third-order valence-corrected chi connectivity index (χ3v) is 6.13. The summed E-state index contributed by atoms with van der Waals surface area (Å²) < 4.78 is 15.8. The van der Waals surface area contributed by atoms with Crippen LogP contribution in [0.3, 0.4) is 0 Å². The van der Waals surface area contributed by atoms with E-state index in [1.54, 1.807) is 67.8 Å². The predicted octanol–water partition coefficient (Wildman–Crippen LogP) is 4.39. The van der Waals surface area contributed by atoms with Gasteiger partial charge in [0, 0.05) is 12.2 Å². The number of methoxy groups -OCH3 is 3. The molecule has 1 N–H and O–H groups in total.